The van der Waals surface area contributed by atoms with Crippen molar-refractivity contribution in [2.45, 2.75) is 12.6 Å². The Kier molecular flexibility index (Phi) is 5.59. The van der Waals surface area contributed by atoms with Gasteiger partial charge in [0.05, 0.1) is 4.88 Å². The summed E-state index contributed by atoms with van der Waals surface area (Å²) in [5.74, 6) is -0.487. The minimum absolute atomic E-state index is 0.236. The number of thiophene rings is 1. The number of benzene rings is 2. The van der Waals surface area contributed by atoms with Crippen molar-refractivity contribution in [3.8, 4) is 0 Å². The lowest BCUT2D eigenvalue weighted by Crippen LogP contribution is -2.40. The molecule has 25 heavy (non-hydrogen) atoms. The Labute approximate surface area is 150 Å². The largest absolute Gasteiger partial charge is 0.350 e. The van der Waals surface area contributed by atoms with Crippen molar-refractivity contribution in [1.29, 1.82) is 0 Å². The van der Waals surface area contributed by atoms with Crippen molar-refractivity contribution in [1.82, 2.24) is 10.6 Å². The third-order valence-electron chi connectivity index (χ3n) is 3.73. The maximum absolute atomic E-state index is 12.7. The minimum Gasteiger partial charge on any atom is -0.350 e. The summed E-state index contributed by atoms with van der Waals surface area (Å²) in [6, 6.07) is 21.7. The van der Waals surface area contributed by atoms with E-state index in [1.54, 1.807) is 6.07 Å². The third-order valence-corrected chi connectivity index (χ3v) is 4.59. The van der Waals surface area contributed by atoms with Crippen LogP contribution in [0.15, 0.2) is 78.2 Å². The van der Waals surface area contributed by atoms with E-state index >= 15 is 0 Å². The Morgan fingerprint density at radius 2 is 1.56 bits per heavy atom. The van der Waals surface area contributed by atoms with Gasteiger partial charge in [-0.2, -0.15) is 0 Å². The van der Waals surface area contributed by atoms with Crippen LogP contribution < -0.4 is 10.6 Å². The van der Waals surface area contributed by atoms with Gasteiger partial charge in [-0.25, -0.2) is 0 Å². The van der Waals surface area contributed by atoms with E-state index in [9.17, 15) is 9.59 Å². The van der Waals surface area contributed by atoms with Gasteiger partial charge in [-0.05, 0) is 22.6 Å². The van der Waals surface area contributed by atoms with Crippen molar-refractivity contribution < 1.29 is 9.59 Å². The zero-order chi connectivity index (χ0) is 17.5. The Balaban J connectivity index is 1.74. The van der Waals surface area contributed by atoms with Crippen LogP contribution in [0.3, 0.4) is 0 Å². The van der Waals surface area contributed by atoms with E-state index in [4.69, 9.17) is 0 Å². The lowest BCUT2D eigenvalue weighted by Gasteiger charge is -2.18. The van der Waals surface area contributed by atoms with Gasteiger partial charge in [0, 0.05) is 6.54 Å². The second-order valence-electron chi connectivity index (χ2n) is 5.50. The molecule has 0 fully saturated rings. The summed E-state index contributed by atoms with van der Waals surface area (Å²) in [6.45, 7) is 0.415. The molecule has 4 nitrogen and oxygen atoms in total. The highest BCUT2D eigenvalue weighted by Crippen LogP contribution is 2.16. The van der Waals surface area contributed by atoms with Gasteiger partial charge in [0.15, 0.2) is 0 Å². The summed E-state index contributed by atoms with van der Waals surface area (Å²) in [4.78, 5) is 25.7. The molecule has 2 aromatic carbocycles. The highest BCUT2D eigenvalue weighted by atomic mass is 32.1. The first-order chi connectivity index (χ1) is 12.2. The molecule has 0 bridgehead atoms. The fourth-order valence-corrected chi connectivity index (χ4v) is 3.07. The molecule has 0 saturated heterocycles. The van der Waals surface area contributed by atoms with E-state index in [2.05, 4.69) is 10.6 Å². The summed E-state index contributed by atoms with van der Waals surface area (Å²) in [7, 11) is 0. The number of amides is 2. The fraction of sp³-hybridized carbons (Fsp3) is 0.100. The van der Waals surface area contributed by atoms with E-state index in [-0.39, 0.29) is 11.8 Å². The normalized spacial score (nSPS) is 11.5. The van der Waals surface area contributed by atoms with Gasteiger partial charge in [-0.15, -0.1) is 11.3 Å². The van der Waals surface area contributed by atoms with Crippen LogP contribution >= 0.6 is 11.3 Å². The monoisotopic (exact) mass is 350 g/mol. The zero-order valence-corrected chi connectivity index (χ0v) is 14.3. The molecule has 126 valence electrons. The Morgan fingerprint density at radius 1 is 0.880 bits per heavy atom. The van der Waals surface area contributed by atoms with Crippen LogP contribution in [0.2, 0.25) is 0 Å². The first kappa shape index (κ1) is 16.9. The van der Waals surface area contributed by atoms with Gasteiger partial charge in [0.1, 0.15) is 6.04 Å². The molecule has 0 saturated carbocycles. The number of carbonyl (C=O) groups excluding carboxylic acids is 2. The number of carbonyl (C=O) groups is 2. The van der Waals surface area contributed by atoms with Crippen LogP contribution in [0.1, 0.15) is 26.8 Å². The first-order valence-corrected chi connectivity index (χ1v) is 8.83. The quantitative estimate of drug-likeness (QED) is 0.714. The highest BCUT2D eigenvalue weighted by Gasteiger charge is 2.23. The van der Waals surface area contributed by atoms with Crippen molar-refractivity contribution in [3.05, 3.63) is 94.2 Å². The SMILES string of the molecule is O=C(N[C@H](C(=O)NCc1ccccc1)c1ccccc1)c1cccs1. The van der Waals surface area contributed by atoms with Crippen LogP contribution in [0, 0.1) is 0 Å². The van der Waals surface area contributed by atoms with Crippen molar-refractivity contribution >= 4 is 23.2 Å². The second-order valence-corrected chi connectivity index (χ2v) is 6.45. The number of nitrogens with one attached hydrogen (secondary N) is 2. The van der Waals surface area contributed by atoms with E-state index in [0.29, 0.717) is 11.4 Å². The highest BCUT2D eigenvalue weighted by molar-refractivity contribution is 7.12. The van der Waals surface area contributed by atoms with E-state index in [0.717, 1.165) is 11.1 Å². The molecule has 0 aliphatic heterocycles. The predicted molar refractivity (Wildman–Crippen MR) is 99.3 cm³/mol. The maximum Gasteiger partial charge on any atom is 0.262 e. The van der Waals surface area contributed by atoms with Crippen LogP contribution in [-0.2, 0) is 11.3 Å². The number of hydrogen-bond donors (Lipinski definition) is 2. The van der Waals surface area contributed by atoms with Crippen LogP contribution in [0.4, 0.5) is 0 Å². The van der Waals surface area contributed by atoms with E-state index < -0.39 is 6.04 Å². The lowest BCUT2D eigenvalue weighted by molar-refractivity contribution is -0.123. The molecule has 0 spiro atoms. The maximum atomic E-state index is 12.7. The summed E-state index contributed by atoms with van der Waals surface area (Å²) in [6.07, 6.45) is 0. The molecular formula is C20H18N2O2S. The Morgan fingerprint density at radius 3 is 2.20 bits per heavy atom. The molecule has 3 rings (SSSR count). The number of rotatable bonds is 6. The summed E-state index contributed by atoms with van der Waals surface area (Å²) >= 11 is 1.35. The molecule has 1 heterocycles. The molecule has 2 N–H and O–H groups in total. The molecule has 1 atom stereocenters. The van der Waals surface area contributed by atoms with Crippen molar-refractivity contribution in [2.75, 3.05) is 0 Å². The summed E-state index contributed by atoms with van der Waals surface area (Å²) in [5.41, 5.74) is 1.75. The predicted octanol–water partition coefficient (Wildman–Crippen LogP) is 3.54. The van der Waals surface area contributed by atoms with Gasteiger partial charge in [-0.3, -0.25) is 9.59 Å². The van der Waals surface area contributed by atoms with E-state index in [1.807, 2.05) is 72.1 Å². The molecule has 0 unspecified atom stereocenters. The van der Waals surface area contributed by atoms with Crippen molar-refractivity contribution in [2.24, 2.45) is 0 Å². The molecule has 3 aromatic rings. The average molecular weight is 350 g/mol. The Hall–Kier alpha value is -2.92. The van der Waals surface area contributed by atoms with Gasteiger partial charge in [0.25, 0.3) is 5.91 Å². The topological polar surface area (TPSA) is 58.2 Å². The zero-order valence-electron chi connectivity index (χ0n) is 13.5. The van der Waals surface area contributed by atoms with Gasteiger partial charge < -0.3 is 10.6 Å². The molecule has 2 amide bonds. The van der Waals surface area contributed by atoms with Gasteiger partial charge in [-0.1, -0.05) is 66.7 Å². The van der Waals surface area contributed by atoms with Crippen molar-refractivity contribution in [3.63, 3.8) is 0 Å². The number of hydrogen-bond acceptors (Lipinski definition) is 3. The van der Waals surface area contributed by atoms with Gasteiger partial charge >= 0.3 is 0 Å². The lowest BCUT2D eigenvalue weighted by atomic mass is 10.1. The van der Waals surface area contributed by atoms with Crippen LogP contribution in [0.25, 0.3) is 0 Å². The van der Waals surface area contributed by atoms with Gasteiger partial charge in [0.2, 0.25) is 5.91 Å². The average Bonchev–Trinajstić information content (AvgIpc) is 3.20. The fourth-order valence-electron chi connectivity index (χ4n) is 2.44. The summed E-state index contributed by atoms with van der Waals surface area (Å²) < 4.78 is 0. The molecule has 0 aliphatic carbocycles. The van der Waals surface area contributed by atoms with E-state index in [1.165, 1.54) is 11.3 Å². The molecule has 0 aliphatic rings. The molecule has 0 radical (unpaired) electrons. The molecule has 1 aromatic heterocycles. The first-order valence-electron chi connectivity index (χ1n) is 7.95. The smallest absolute Gasteiger partial charge is 0.262 e. The molecular weight excluding hydrogens is 332 g/mol. The van der Waals surface area contributed by atoms with Crippen LogP contribution in [-0.4, -0.2) is 11.8 Å². The third kappa shape index (κ3) is 4.55. The standard InChI is InChI=1S/C20H18N2O2S/c23-19(17-12-7-13-25-17)22-18(16-10-5-2-6-11-16)20(24)21-14-15-8-3-1-4-9-15/h1-13,18H,14H2,(H,21,24)(H,22,23)/t18-/m0/s1. The summed E-state index contributed by atoms with van der Waals surface area (Å²) in [5, 5.41) is 7.56. The molecule has 5 heteroatoms. The Bertz CT molecular complexity index is 817. The second kappa shape index (κ2) is 8.26. The van der Waals surface area contributed by atoms with Crippen LogP contribution in [0.5, 0.6) is 0 Å². The minimum atomic E-state index is -0.737.